The van der Waals surface area contributed by atoms with E-state index in [9.17, 15) is 24.1 Å². The number of hydrazine groups is 1. The SMILES string of the molecule is O=C(Cc1ccc(F)cc1)NNC(=O)c1ccc([N+](=O)[O-])s1. The van der Waals surface area contributed by atoms with Gasteiger partial charge < -0.3 is 0 Å². The highest BCUT2D eigenvalue weighted by Gasteiger charge is 2.15. The van der Waals surface area contributed by atoms with Crippen molar-refractivity contribution in [2.75, 3.05) is 0 Å². The lowest BCUT2D eigenvalue weighted by Crippen LogP contribution is -2.42. The smallest absolute Gasteiger partial charge is 0.273 e. The fraction of sp³-hybridized carbons (Fsp3) is 0.0769. The maximum absolute atomic E-state index is 12.7. The van der Waals surface area contributed by atoms with Crippen LogP contribution < -0.4 is 10.9 Å². The first-order chi connectivity index (χ1) is 10.5. The zero-order valence-corrected chi connectivity index (χ0v) is 11.9. The van der Waals surface area contributed by atoms with Gasteiger partial charge in [0.25, 0.3) is 5.91 Å². The van der Waals surface area contributed by atoms with Crippen molar-refractivity contribution < 1.29 is 18.9 Å². The van der Waals surface area contributed by atoms with E-state index in [1.807, 2.05) is 0 Å². The number of nitrogens with one attached hydrogen (secondary N) is 2. The largest absolute Gasteiger partial charge is 0.324 e. The number of halogens is 1. The first-order valence-electron chi connectivity index (χ1n) is 6.03. The lowest BCUT2D eigenvalue weighted by Gasteiger charge is -2.06. The summed E-state index contributed by atoms with van der Waals surface area (Å²) >= 11 is 0.702. The van der Waals surface area contributed by atoms with Crippen molar-refractivity contribution in [2.45, 2.75) is 6.42 Å². The van der Waals surface area contributed by atoms with Crippen molar-refractivity contribution in [3.05, 3.63) is 62.8 Å². The molecule has 0 unspecified atom stereocenters. The minimum atomic E-state index is -0.648. The standard InChI is InChI=1S/C13H10FN3O4S/c14-9-3-1-8(2-4-9)7-11(18)15-16-13(19)10-5-6-12(22-10)17(20)21/h1-6H,7H2,(H,15,18)(H,16,19). The summed E-state index contributed by atoms with van der Waals surface area (Å²) in [5.74, 6) is -1.55. The third-order valence-corrected chi connectivity index (χ3v) is 3.62. The molecule has 2 amide bonds. The van der Waals surface area contributed by atoms with Gasteiger partial charge in [-0.05, 0) is 23.8 Å². The summed E-state index contributed by atoms with van der Waals surface area (Å²) in [6, 6.07) is 7.88. The number of carbonyl (C=O) groups is 2. The zero-order valence-electron chi connectivity index (χ0n) is 11.0. The molecule has 0 aliphatic rings. The van der Waals surface area contributed by atoms with Gasteiger partial charge in [-0.2, -0.15) is 0 Å². The van der Waals surface area contributed by atoms with E-state index in [0.717, 1.165) is 0 Å². The number of amides is 2. The molecule has 9 heteroatoms. The molecule has 1 heterocycles. The van der Waals surface area contributed by atoms with E-state index in [1.54, 1.807) is 0 Å². The van der Waals surface area contributed by atoms with Crippen LogP contribution >= 0.6 is 11.3 Å². The molecular formula is C13H10FN3O4S. The van der Waals surface area contributed by atoms with Crippen LogP contribution in [-0.4, -0.2) is 16.7 Å². The molecule has 22 heavy (non-hydrogen) atoms. The molecule has 0 aliphatic carbocycles. The van der Waals surface area contributed by atoms with Crippen LogP contribution in [-0.2, 0) is 11.2 Å². The van der Waals surface area contributed by atoms with Gasteiger partial charge in [0.1, 0.15) is 10.7 Å². The molecule has 1 aromatic carbocycles. The van der Waals surface area contributed by atoms with Crippen LogP contribution in [0.1, 0.15) is 15.2 Å². The van der Waals surface area contributed by atoms with Gasteiger partial charge in [-0.15, -0.1) is 0 Å². The van der Waals surface area contributed by atoms with Crippen LogP contribution in [0.25, 0.3) is 0 Å². The fourth-order valence-electron chi connectivity index (χ4n) is 1.57. The number of hydrogen-bond donors (Lipinski definition) is 2. The van der Waals surface area contributed by atoms with E-state index in [4.69, 9.17) is 0 Å². The van der Waals surface area contributed by atoms with E-state index in [1.165, 1.54) is 36.4 Å². The molecule has 2 rings (SSSR count). The second-order valence-electron chi connectivity index (χ2n) is 4.20. The number of rotatable bonds is 4. The Bertz CT molecular complexity index is 714. The highest BCUT2D eigenvalue weighted by atomic mass is 32.1. The van der Waals surface area contributed by atoms with Crippen molar-refractivity contribution >= 4 is 28.2 Å². The molecular weight excluding hydrogens is 313 g/mol. The Labute approximate surface area is 127 Å². The Morgan fingerprint density at radius 3 is 2.41 bits per heavy atom. The van der Waals surface area contributed by atoms with Crippen molar-refractivity contribution in [2.24, 2.45) is 0 Å². The molecule has 1 aromatic heterocycles. The number of hydrogen-bond acceptors (Lipinski definition) is 5. The molecule has 0 bridgehead atoms. The Hall–Kier alpha value is -2.81. The molecule has 7 nitrogen and oxygen atoms in total. The monoisotopic (exact) mass is 323 g/mol. The highest BCUT2D eigenvalue weighted by molar-refractivity contribution is 7.17. The average Bonchev–Trinajstić information content (AvgIpc) is 2.97. The first-order valence-corrected chi connectivity index (χ1v) is 6.85. The Kier molecular flexibility index (Phi) is 4.79. The molecule has 0 fully saturated rings. The van der Waals surface area contributed by atoms with Crippen molar-refractivity contribution in [3.8, 4) is 0 Å². The van der Waals surface area contributed by atoms with Crippen LogP contribution in [0.3, 0.4) is 0 Å². The Morgan fingerprint density at radius 2 is 1.82 bits per heavy atom. The van der Waals surface area contributed by atoms with E-state index in [0.29, 0.717) is 16.9 Å². The number of thiophene rings is 1. The van der Waals surface area contributed by atoms with Gasteiger partial charge in [-0.3, -0.25) is 30.6 Å². The topological polar surface area (TPSA) is 101 Å². The minimum absolute atomic E-state index is 0.0366. The van der Waals surface area contributed by atoms with Crippen LogP contribution in [0.5, 0.6) is 0 Å². The van der Waals surface area contributed by atoms with Crippen molar-refractivity contribution in [1.82, 2.24) is 10.9 Å². The van der Waals surface area contributed by atoms with Crippen molar-refractivity contribution in [3.63, 3.8) is 0 Å². The zero-order chi connectivity index (χ0) is 16.1. The van der Waals surface area contributed by atoms with Crippen LogP contribution in [0.15, 0.2) is 36.4 Å². The normalized spacial score (nSPS) is 10.0. The third kappa shape index (κ3) is 4.09. The lowest BCUT2D eigenvalue weighted by molar-refractivity contribution is -0.380. The minimum Gasteiger partial charge on any atom is -0.273 e. The molecule has 114 valence electrons. The number of benzene rings is 1. The van der Waals surface area contributed by atoms with E-state index >= 15 is 0 Å². The van der Waals surface area contributed by atoms with Gasteiger partial charge in [0.2, 0.25) is 5.91 Å². The maximum Gasteiger partial charge on any atom is 0.324 e. The van der Waals surface area contributed by atoms with Gasteiger partial charge in [0.15, 0.2) is 0 Å². The van der Waals surface area contributed by atoms with Crippen molar-refractivity contribution in [1.29, 1.82) is 0 Å². The number of nitrogens with zero attached hydrogens (tertiary/aromatic N) is 1. The molecule has 0 saturated heterocycles. The Morgan fingerprint density at radius 1 is 1.14 bits per heavy atom. The predicted molar refractivity (Wildman–Crippen MR) is 76.7 cm³/mol. The summed E-state index contributed by atoms with van der Waals surface area (Å²) in [4.78, 5) is 33.3. The van der Waals surface area contributed by atoms with E-state index in [2.05, 4.69) is 10.9 Å². The van der Waals surface area contributed by atoms with E-state index in [-0.39, 0.29) is 16.3 Å². The number of nitro groups is 1. The summed E-state index contributed by atoms with van der Waals surface area (Å²) in [6.45, 7) is 0. The fourth-order valence-corrected chi connectivity index (χ4v) is 2.28. The second-order valence-corrected chi connectivity index (χ2v) is 5.26. The predicted octanol–water partition coefficient (Wildman–Crippen LogP) is 1.80. The van der Waals surface area contributed by atoms with Gasteiger partial charge in [0.05, 0.1) is 11.3 Å². The molecule has 0 spiro atoms. The van der Waals surface area contributed by atoms with Gasteiger partial charge in [-0.1, -0.05) is 23.5 Å². The molecule has 0 saturated carbocycles. The maximum atomic E-state index is 12.7. The molecule has 2 aromatic rings. The second kappa shape index (κ2) is 6.76. The van der Waals surface area contributed by atoms with Crippen LogP contribution in [0, 0.1) is 15.9 Å². The van der Waals surface area contributed by atoms with Gasteiger partial charge >= 0.3 is 5.00 Å². The first kappa shape index (κ1) is 15.6. The summed E-state index contributed by atoms with van der Waals surface area (Å²) in [5, 5.41) is 10.4. The van der Waals surface area contributed by atoms with Crippen LogP contribution in [0.4, 0.5) is 9.39 Å². The van der Waals surface area contributed by atoms with Gasteiger partial charge in [0, 0.05) is 6.07 Å². The number of carbonyl (C=O) groups excluding carboxylic acids is 2. The highest BCUT2D eigenvalue weighted by Crippen LogP contribution is 2.23. The molecule has 2 N–H and O–H groups in total. The third-order valence-electron chi connectivity index (χ3n) is 2.59. The summed E-state index contributed by atoms with van der Waals surface area (Å²) in [5.41, 5.74) is 4.93. The summed E-state index contributed by atoms with van der Waals surface area (Å²) in [6.07, 6.45) is -0.0366. The van der Waals surface area contributed by atoms with Gasteiger partial charge in [-0.25, -0.2) is 4.39 Å². The van der Waals surface area contributed by atoms with E-state index < -0.39 is 22.6 Å². The molecule has 0 aliphatic heterocycles. The summed E-state index contributed by atoms with van der Waals surface area (Å²) in [7, 11) is 0. The summed E-state index contributed by atoms with van der Waals surface area (Å²) < 4.78 is 12.7. The molecule has 0 radical (unpaired) electrons. The molecule has 0 atom stereocenters. The van der Waals surface area contributed by atoms with Crippen LogP contribution in [0.2, 0.25) is 0 Å². The average molecular weight is 323 g/mol. The quantitative estimate of drug-likeness (QED) is 0.661. The Balaban J connectivity index is 1.86. The lowest BCUT2D eigenvalue weighted by atomic mass is 10.1.